The lowest BCUT2D eigenvalue weighted by atomic mass is 9.97. The van der Waals surface area contributed by atoms with E-state index in [1.165, 1.54) is 0 Å². The minimum absolute atomic E-state index is 0.252. The second-order valence-corrected chi connectivity index (χ2v) is 3.13. The zero-order chi connectivity index (χ0) is 8.43. The second kappa shape index (κ2) is 3.05. The van der Waals surface area contributed by atoms with E-state index in [1.807, 2.05) is 0 Å². The lowest BCUT2D eigenvalue weighted by Gasteiger charge is -2.07. The van der Waals surface area contributed by atoms with Crippen molar-refractivity contribution in [1.82, 2.24) is 5.32 Å². The van der Waals surface area contributed by atoms with Gasteiger partial charge in [0.15, 0.2) is 0 Å². The fourth-order valence-corrected chi connectivity index (χ4v) is 1.40. The number of amides is 1. The van der Waals surface area contributed by atoms with Gasteiger partial charge in [-0.3, -0.25) is 4.79 Å². The van der Waals surface area contributed by atoms with Crippen LogP contribution in [0.15, 0.2) is 12.2 Å². The number of rotatable bonds is 2. The number of hydrogen-bond donors (Lipinski definition) is 2. The van der Waals surface area contributed by atoms with Crippen LogP contribution in [0.25, 0.3) is 0 Å². The molecule has 1 saturated heterocycles. The van der Waals surface area contributed by atoms with Crippen molar-refractivity contribution in [2.24, 2.45) is 11.7 Å². The molecule has 0 aromatic heterocycles. The van der Waals surface area contributed by atoms with Crippen LogP contribution in [-0.4, -0.2) is 18.5 Å². The Morgan fingerprint density at radius 3 is 2.73 bits per heavy atom. The molecule has 0 spiro atoms. The Morgan fingerprint density at radius 2 is 2.36 bits per heavy atom. The Kier molecular flexibility index (Phi) is 2.29. The van der Waals surface area contributed by atoms with Gasteiger partial charge in [-0.1, -0.05) is 6.58 Å². The molecule has 0 saturated carbocycles. The van der Waals surface area contributed by atoms with Gasteiger partial charge in [0.25, 0.3) is 0 Å². The molecule has 0 aromatic rings. The van der Waals surface area contributed by atoms with Gasteiger partial charge in [-0.25, -0.2) is 0 Å². The van der Waals surface area contributed by atoms with E-state index in [0.717, 1.165) is 13.0 Å². The first-order chi connectivity index (χ1) is 5.11. The van der Waals surface area contributed by atoms with Gasteiger partial charge in [0.1, 0.15) is 0 Å². The average Bonchev–Trinajstić information content (AvgIpc) is 2.34. The number of primary amides is 1. The number of carbonyl (C=O) groups excluding carboxylic acids is 1. The highest BCUT2D eigenvalue weighted by Crippen LogP contribution is 2.19. The van der Waals surface area contributed by atoms with Crippen molar-refractivity contribution in [3.63, 3.8) is 0 Å². The molecule has 2 atom stereocenters. The third-order valence-corrected chi connectivity index (χ3v) is 2.16. The molecule has 62 valence electrons. The smallest absolute Gasteiger partial charge is 0.244 e. The monoisotopic (exact) mass is 154 g/mol. The Labute approximate surface area is 66.6 Å². The summed E-state index contributed by atoms with van der Waals surface area (Å²) in [7, 11) is 0. The molecule has 1 aliphatic heterocycles. The maximum atomic E-state index is 10.7. The number of hydrogen-bond acceptors (Lipinski definition) is 2. The zero-order valence-electron chi connectivity index (χ0n) is 6.76. The molecule has 1 heterocycles. The van der Waals surface area contributed by atoms with Crippen LogP contribution in [0.4, 0.5) is 0 Å². The fraction of sp³-hybridized carbons (Fsp3) is 0.625. The van der Waals surface area contributed by atoms with E-state index >= 15 is 0 Å². The quantitative estimate of drug-likeness (QED) is 0.551. The summed E-state index contributed by atoms with van der Waals surface area (Å²) in [6, 6.07) is 0.482. The molecule has 1 rings (SSSR count). The van der Waals surface area contributed by atoms with E-state index in [2.05, 4.69) is 18.8 Å². The molecule has 1 fully saturated rings. The molecule has 3 N–H and O–H groups in total. The summed E-state index contributed by atoms with van der Waals surface area (Å²) in [6.45, 7) is 6.58. The van der Waals surface area contributed by atoms with Gasteiger partial charge >= 0.3 is 0 Å². The van der Waals surface area contributed by atoms with Gasteiger partial charge in [0.05, 0.1) is 0 Å². The average molecular weight is 154 g/mol. The third kappa shape index (κ3) is 1.80. The molecule has 1 aliphatic rings. The highest BCUT2D eigenvalue weighted by Gasteiger charge is 2.24. The van der Waals surface area contributed by atoms with Crippen LogP contribution in [0.1, 0.15) is 13.3 Å². The van der Waals surface area contributed by atoms with Crippen LogP contribution in [0, 0.1) is 5.92 Å². The van der Waals surface area contributed by atoms with Crippen LogP contribution in [0.3, 0.4) is 0 Å². The lowest BCUT2D eigenvalue weighted by Crippen LogP contribution is -2.21. The maximum absolute atomic E-state index is 10.7. The first-order valence-corrected chi connectivity index (χ1v) is 3.83. The molecule has 0 aromatic carbocycles. The maximum Gasteiger partial charge on any atom is 0.244 e. The fourth-order valence-electron chi connectivity index (χ4n) is 1.40. The van der Waals surface area contributed by atoms with Gasteiger partial charge in [-0.05, 0) is 13.3 Å². The van der Waals surface area contributed by atoms with Gasteiger partial charge < -0.3 is 11.1 Å². The summed E-state index contributed by atoms with van der Waals surface area (Å²) in [5, 5.41) is 3.24. The summed E-state index contributed by atoms with van der Waals surface area (Å²) >= 11 is 0. The SMILES string of the molecule is C=C(C(N)=O)[C@@H]1CN[C@H](C)C1. The topological polar surface area (TPSA) is 55.1 Å². The standard InChI is InChI=1S/C8H14N2O/c1-5-3-7(4-10-5)6(2)8(9)11/h5,7,10H,2-4H2,1H3,(H2,9,11)/t5-,7+/m1/s1. The minimum atomic E-state index is -0.370. The van der Waals surface area contributed by atoms with Crippen molar-refractivity contribution in [3.8, 4) is 0 Å². The third-order valence-electron chi connectivity index (χ3n) is 2.16. The summed E-state index contributed by atoms with van der Waals surface area (Å²) in [4.78, 5) is 10.7. The molecule has 3 heteroatoms. The molecule has 0 radical (unpaired) electrons. The normalized spacial score (nSPS) is 30.3. The van der Waals surface area contributed by atoms with Gasteiger partial charge in [-0.15, -0.1) is 0 Å². The molecule has 3 nitrogen and oxygen atoms in total. The molecule has 1 amide bonds. The van der Waals surface area contributed by atoms with Gasteiger partial charge in [0.2, 0.25) is 5.91 Å². The Balaban J connectivity index is 2.50. The highest BCUT2D eigenvalue weighted by molar-refractivity contribution is 5.91. The summed E-state index contributed by atoms with van der Waals surface area (Å²) in [5.41, 5.74) is 5.65. The molecule has 0 unspecified atom stereocenters. The first kappa shape index (κ1) is 8.27. The summed E-state index contributed by atoms with van der Waals surface area (Å²) in [5.74, 6) is -0.117. The first-order valence-electron chi connectivity index (χ1n) is 3.83. The van der Waals surface area contributed by atoms with E-state index < -0.39 is 0 Å². The van der Waals surface area contributed by atoms with Crippen LogP contribution < -0.4 is 11.1 Å². The zero-order valence-corrected chi connectivity index (χ0v) is 6.76. The predicted octanol–water partition coefficient (Wildman–Crippen LogP) is 0.0259. The van der Waals surface area contributed by atoms with Crippen molar-refractivity contribution < 1.29 is 4.79 Å². The van der Waals surface area contributed by atoms with E-state index in [9.17, 15) is 4.79 Å². The highest BCUT2D eigenvalue weighted by atomic mass is 16.1. The van der Waals surface area contributed by atoms with Crippen LogP contribution >= 0.6 is 0 Å². The van der Waals surface area contributed by atoms with Crippen molar-refractivity contribution in [2.45, 2.75) is 19.4 Å². The van der Waals surface area contributed by atoms with Crippen LogP contribution in [-0.2, 0) is 4.79 Å². The molecular formula is C8H14N2O. The number of carbonyl (C=O) groups is 1. The Hall–Kier alpha value is -0.830. The molecule has 0 bridgehead atoms. The molecule has 0 aliphatic carbocycles. The lowest BCUT2D eigenvalue weighted by molar-refractivity contribution is -0.115. The number of nitrogens with one attached hydrogen (secondary N) is 1. The van der Waals surface area contributed by atoms with E-state index in [4.69, 9.17) is 5.73 Å². The van der Waals surface area contributed by atoms with Gasteiger partial charge in [0, 0.05) is 24.1 Å². The predicted molar refractivity (Wildman–Crippen MR) is 43.9 cm³/mol. The second-order valence-electron chi connectivity index (χ2n) is 3.13. The van der Waals surface area contributed by atoms with Crippen LogP contribution in [0.2, 0.25) is 0 Å². The van der Waals surface area contributed by atoms with E-state index in [1.54, 1.807) is 0 Å². The van der Waals surface area contributed by atoms with E-state index in [-0.39, 0.29) is 11.8 Å². The molecule has 11 heavy (non-hydrogen) atoms. The van der Waals surface area contributed by atoms with Crippen molar-refractivity contribution in [1.29, 1.82) is 0 Å². The molecular weight excluding hydrogens is 140 g/mol. The van der Waals surface area contributed by atoms with Crippen molar-refractivity contribution in [3.05, 3.63) is 12.2 Å². The summed E-state index contributed by atoms with van der Waals surface area (Å²) < 4.78 is 0. The number of nitrogens with two attached hydrogens (primary N) is 1. The Morgan fingerprint density at radius 1 is 1.73 bits per heavy atom. The van der Waals surface area contributed by atoms with Gasteiger partial charge in [-0.2, -0.15) is 0 Å². The summed E-state index contributed by atoms with van der Waals surface area (Å²) in [6.07, 6.45) is 0.974. The van der Waals surface area contributed by atoms with Crippen molar-refractivity contribution >= 4 is 5.91 Å². The minimum Gasteiger partial charge on any atom is -0.366 e. The van der Waals surface area contributed by atoms with Crippen LogP contribution in [0.5, 0.6) is 0 Å². The largest absolute Gasteiger partial charge is 0.366 e. The van der Waals surface area contributed by atoms with E-state index in [0.29, 0.717) is 11.6 Å². The van der Waals surface area contributed by atoms with Crippen molar-refractivity contribution in [2.75, 3.05) is 6.54 Å². The Bertz CT molecular complexity index is 189.